The van der Waals surface area contributed by atoms with E-state index in [0.717, 1.165) is 0 Å². The van der Waals surface area contributed by atoms with Crippen LogP contribution in [0.3, 0.4) is 0 Å². The first-order valence-corrected chi connectivity index (χ1v) is 4.37. The lowest BCUT2D eigenvalue weighted by Gasteiger charge is -2.12. The Morgan fingerprint density at radius 2 is 2.33 bits per heavy atom. The molecule has 0 aromatic heterocycles. The minimum Gasteiger partial charge on any atom is -0.494 e. The van der Waals surface area contributed by atoms with E-state index >= 15 is 0 Å². The molecule has 3 N–H and O–H groups in total. The van der Waals surface area contributed by atoms with Gasteiger partial charge in [0.25, 0.3) is 0 Å². The zero-order chi connectivity index (χ0) is 11.4. The van der Waals surface area contributed by atoms with Crippen LogP contribution in [-0.2, 0) is 4.79 Å². The van der Waals surface area contributed by atoms with Gasteiger partial charge in [0.2, 0.25) is 0 Å². The molecule has 1 unspecified atom stereocenters. The van der Waals surface area contributed by atoms with E-state index in [0.29, 0.717) is 0 Å². The second-order valence-electron chi connectivity index (χ2n) is 2.99. The van der Waals surface area contributed by atoms with E-state index in [-0.39, 0.29) is 17.9 Å². The topological polar surface area (TPSA) is 72.5 Å². The summed E-state index contributed by atoms with van der Waals surface area (Å²) in [6.45, 7) is -0.153. The number of carboxylic acids is 1. The van der Waals surface area contributed by atoms with Crippen LogP contribution < -0.4 is 10.5 Å². The van der Waals surface area contributed by atoms with E-state index in [1.807, 2.05) is 0 Å². The maximum absolute atomic E-state index is 13.6. The van der Waals surface area contributed by atoms with Crippen LogP contribution in [0.5, 0.6) is 5.75 Å². The van der Waals surface area contributed by atoms with Gasteiger partial charge in [-0.25, -0.2) is 4.39 Å². The summed E-state index contributed by atoms with van der Waals surface area (Å²) in [5.74, 6) is -2.84. The van der Waals surface area contributed by atoms with Gasteiger partial charge in [-0.2, -0.15) is 0 Å². The highest BCUT2D eigenvalue weighted by Crippen LogP contribution is 2.25. The molecule has 0 heterocycles. The highest BCUT2D eigenvalue weighted by Gasteiger charge is 2.23. The summed E-state index contributed by atoms with van der Waals surface area (Å²) in [5, 5.41) is 8.83. The number of ether oxygens (including phenoxy) is 1. The van der Waals surface area contributed by atoms with Crippen molar-refractivity contribution in [3.63, 3.8) is 0 Å². The summed E-state index contributed by atoms with van der Waals surface area (Å²) in [5.41, 5.74) is 5.32. The highest BCUT2D eigenvalue weighted by molar-refractivity contribution is 5.76. The highest BCUT2D eigenvalue weighted by atomic mass is 19.1. The zero-order valence-corrected chi connectivity index (χ0v) is 8.24. The zero-order valence-electron chi connectivity index (χ0n) is 8.24. The lowest BCUT2D eigenvalue weighted by atomic mass is 9.98. The van der Waals surface area contributed by atoms with E-state index < -0.39 is 17.7 Å². The fraction of sp³-hybridized carbons (Fsp3) is 0.300. The minimum atomic E-state index is -1.15. The Bertz CT molecular complexity index is 368. The van der Waals surface area contributed by atoms with Crippen LogP contribution in [0.1, 0.15) is 11.5 Å². The Morgan fingerprint density at radius 1 is 1.67 bits per heavy atom. The molecule has 1 aromatic carbocycles. The summed E-state index contributed by atoms with van der Waals surface area (Å²) in [6.07, 6.45) is 0. The second-order valence-corrected chi connectivity index (χ2v) is 2.99. The summed E-state index contributed by atoms with van der Waals surface area (Å²) < 4.78 is 18.4. The maximum atomic E-state index is 13.6. The molecule has 0 aliphatic heterocycles. The molecule has 0 fully saturated rings. The number of halogens is 1. The fourth-order valence-electron chi connectivity index (χ4n) is 1.32. The van der Waals surface area contributed by atoms with E-state index in [1.54, 1.807) is 0 Å². The second kappa shape index (κ2) is 4.75. The Hall–Kier alpha value is -1.62. The first-order chi connectivity index (χ1) is 7.11. The molecule has 0 spiro atoms. The molecule has 5 heteroatoms. The van der Waals surface area contributed by atoms with Crippen LogP contribution in [0.15, 0.2) is 18.2 Å². The first-order valence-electron chi connectivity index (χ1n) is 4.37. The van der Waals surface area contributed by atoms with Gasteiger partial charge in [0, 0.05) is 12.1 Å². The molecule has 0 bridgehead atoms. The van der Waals surface area contributed by atoms with Crippen molar-refractivity contribution >= 4 is 5.97 Å². The van der Waals surface area contributed by atoms with Crippen molar-refractivity contribution in [2.75, 3.05) is 13.7 Å². The minimum absolute atomic E-state index is 0.0206. The fourth-order valence-corrected chi connectivity index (χ4v) is 1.32. The molecule has 15 heavy (non-hydrogen) atoms. The van der Waals surface area contributed by atoms with E-state index in [4.69, 9.17) is 15.6 Å². The normalized spacial score (nSPS) is 12.2. The molecule has 1 atom stereocenters. The number of hydrogen-bond donors (Lipinski definition) is 2. The van der Waals surface area contributed by atoms with Crippen LogP contribution in [0.4, 0.5) is 4.39 Å². The number of carboxylic acid groups (broad SMARTS) is 1. The van der Waals surface area contributed by atoms with Gasteiger partial charge >= 0.3 is 5.97 Å². The molecule has 0 amide bonds. The van der Waals surface area contributed by atoms with Crippen LogP contribution >= 0.6 is 0 Å². The maximum Gasteiger partial charge on any atom is 0.312 e. The molecule has 1 aromatic rings. The Morgan fingerprint density at radius 3 is 2.80 bits per heavy atom. The van der Waals surface area contributed by atoms with Gasteiger partial charge in [0.05, 0.1) is 13.0 Å². The van der Waals surface area contributed by atoms with Crippen molar-refractivity contribution in [3.8, 4) is 5.75 Å². The number of hydrogen-bond acceptors (Lipinski definition) is 3. The van der Waals surface area contributed by atoms with Gasteiger partial charge in [-0.1, -0.05) is 12.1 Å². The predicted molar refractivity (Wildman–Crippen MR) is 52.4 cm³/mol. The molecular formula is C10H12FNO3. The Kier molecular flexibility index (Phi) is 3.62. The molecule has 4 nitrogen and oxygen atoms in total. The van der Waals surface area contributed by atoms with Gasteiger partial charge in [-0.3, -0.25) is 4.79 Å². The third kappa shape index (κ3) is 2.24. The molecule has 82 valence electrons. The Balaban J connectivity index is 3.18. The van der Waals surface area contributed by atoms with Crippen LogP contribution in [0, 0.1) is 5.82 Å². The van der Waals surface area contributed by atoms with E-state index in [9.17, 15) is 9.18 Å². The summed E-state index contributed by atoms with van der Waals surface area (Å²) in [7, 11) is 1.32. The summed E-state index contributed by atoms with van der Waals surface area (Å²) in [6, 6.07) is 4.35. The quantitative estimate of drug-likeness (QED) is 0.781. The van der Waals surface area contributed by atoms with Crippen LogP contribution in [0.25, 0.3) is 0 Å². The van der Waals surface area contributed by atoms with Gasteiger partial charge < -0.3 is 15.6 Å². The van der Waals surface area contributed by atoms with Crippen LogP contribution in [0.2, 0.25) is 0 Å². The van der Waals surface area contributed by atoms with Crippen molar-refractivity contribution in [2.24, 2.45) is 5.73 Å². The molecular weight excluding hydrogens is 201 g/mol. The molecule has 0 aliphatic carbocycles. The molecule has 0 aliphatic rings. The predicted octanol–water partition coefficient (Wildman–Crippen LogP) is 0.961. The van der Waals surface area contributed by atoms with Gasteiger partial charge in [0.15, 0.2) is 11.6 Å². The number of methoxy groups -OCH3 is 1. The number of carbonyl (C=O) groups is 1. The standard InChI is InChI=1S/C10H12FNO3/c1-15-8-4-2-3-6(9(8)11)7(5-12)10(13)14/h2-4,7H,5,12H2,1H3,(H,13,14). The lowest BCUT2D eigenvalue weighted by molar-refractivity contribution is -0.138. The SMILES string of the molecule is COc1cccc(C(CN)C(=O)O)c1F. The third-order valence-corrected chi connectivity index (χ3v) is 2.12. The summed E-state index contributed by atoms with van der Waals surface area (Å²) in [4.78, 5) is 10.8. The monoisotopic (exact) mass is 213 g/mol. The molecule has 0 saturated heterocycles. The number of aliphatic carboxylic acids is 1. The van der Waals surface area contributed by atoms with Crippen molar-refractivity contribution in [1.82, 2.24) is 0 Å². The largest absolute Gasteiger partial charge is 0.494 e. The average molecular weight is 213 g/mol. The number of rotatable bonds is 4. The molecule has 1 rings (SSSR count). The summed E-state index contributed by atoms with van der Waals surface area (Å²) >= 11 is 0. The van der Waals surface area contributed by atoms with Crippen molar-refractivity contribution in [1.29, 1.82) is 0 Å². The first kappa shape index (κ1) is 11.5. The van der Waals surface area contributed by atoms with Gasteiger partial charge in [-0.15, -0.1) is 0 Å². The number of benzene rings is 1. The number of nitrogens with two attached hydrogens (primary N) is 1. The smallest absolute Gasteiger partial charge is 0.312 e. The molecule has 0 saturated carbocycles. The third-order valence-electron chi connectivity index (χ3n) is 2.12. The lowest BCUT2D eigenvalue weighted by Crippen LogP contribution is -2.22. The van der Waals surface area contributed by atoms with Crippen molar-refractivity contribution < 1.29 is 19.0 Å². The van der Waals surface area contributed by atoms with E-state index in [2.05, 4.69) is 0 Å². The molecule has 0 radical (unpaired) electrons. The average Bonchev–Trinajstić information content (AvgIpc) is 2.21. The van der Waals surface area contributed by atoms with Crippen molar-refractivity contribution in [3.05, 3.63) is 29.6 Å². The van der Waals surface area contributed by atoms with Crippen molar-refractivity contribution in [2.45, 2.75) is 5.92 Å². The Labute approximate surface area is 86.5 Å². The van der Waals surface area contributed by atoms with Gasteiger partial charge in [-0.05, 0) is 6.07 Å². The van der Waals surface area contributed by atoms with E-state index in [1.165, 1.54) is 25.3 Å². The van der Waals surface area contributed by atoms with Crippen LogP contribution in [-0.4, -0.2) is 24.7 Å². The van der Waals surface area contributed by atoms with Gasteiger partial charge in [0.1, 0.15) is 0 Å².